The molecular formula is C9H17N3O2. The molecule has 5 heteroatoms. The van der Waals surface area contributed by atoms with Gasteiger partial charge in [0.2, 0.25) is 5.91 Å². The number of nitrogens with one attached hydrogen (secondary N) is 1. The molecule has 1 rings (SSSR count). The first-order chi connectivity index (χ1) is 6.63. The van der Waals surface area contributed by atoms with Crippen LogP contribution in [-0.4, -0.2) is 36.0 Å². The van der Waals surface area contributed by atoms with E-state index in [1.165, 1.54) is 11.3 Å². The fourth-order valence-electron chi connectivity index (χ4n) is 1.33. The lowest BCUT2D eigenvalue weighted by Gasteiger charge is -2.29. The van der Waals surface area contributed by atoms with Gasteiger partial charge in [0.25, 0.3) is 0 Å². The standard InChI is InChI=1S/C9H17N3O2/c1-2-12(6-8(10)13)9(14)11-7-4-3-5-7/h7H,2-6H2,1H3,(H2,10,13)(H,11,14). The van der Waals surface area contributed by atoms with E-state index in [0.717, 1.165) is 12.8 Å². The van der Waals surface area contributed by atoms with Gasteiger partial charge in [-0.1, -0.05) is 0 Å². The quantitative estimate of drug-likeness (QED) is 0.671. The molecule has 0 radical (unpaired) electrons. The highest BCUT2D eigenvalue weighted by Gasteiger charge is 2.22. The van der Waals surface area contributed by atoms with Gasteiger partial charge in [0.1, 0.15) is 6.54 Å². The van der Waals surface area contributed by atoms with E-state index in [0.29, 0.717) is 12.6 Å². The lowest BCUT2D eigenvalue weighted by Crippen LogP contribution is -2.49. The van der Waals surface area contributed by atoms with Crippen LogP contribution in [0.3, 0.4) is 0 Å². The molecule has 0 bridgehead atoms. The molecule has 0 heterocycles. The largest absolute Gasteiger partial charge is 0.368 e. The van der Waals surface area contributed by atoms with Gasteiger partial charge in [-0.15, -0.1) is 0 Å². The van der Waals surface area contributed by atoms with Crippen molar-refractivity contribution in [3.05, 3.63) is 0 Å². The summed E-state index contributed by atoms with van der Waals surface area (Å²) in [4.78, 5) is 23.6. The SMILES string of the molecule is CCN(CC(N)=O)C(=O)NC1CCC1. The third-order valence-corrected chi connectivity index (χ3v) is 2.45. The maximum atomic E-state index is 11.5. The Hall–Kier alpha value is -1.26. The summed E-state index contributed by atoms with van der Waals surface area (Å²) < 4.78 is 0. The normalized spacial score (nSPS) is 15.8. The zero-order valence-corrected chi connectivity index (χ0v) is 8.45. The van der Waals surface area contributed by atoms with Crippen LogP contribution in [0.5, 0.6) is 0 Å². The highest BCUT2D eigenvalue weighted by Crippen LogP contribution is 2.18. The number of hydrogen-bond donors (Lipinski definition) is 2. The zero-order chi connectivity index (χ0) is 10.6. The number of amides is 3. The molecule has 1 aliphatic carbocycles. The molecule has 0 aliphatic heterocycles. The molecule has 0 saturated heterocycles. The Kier molecular flexibility index (Phi) is 3.73. The summed E-state index contributed by atoms with van der Waals surface area (Å²) >= 11 is 0. The van der Waals surface area contributed by atoms with Crippen LogP contribution >= 0.6 is 0 Å². The number of hydrogen-bond acceptors (Lipinski definition) is 2. The van der Waals surface area contributed by atoms with Crippen molar-refractivity contribution in [1.82, 2.24) is 10.2 Å². The summed E-state index contributed by atoms with van der Waals surface area (Å²) in [5, 5.41) is 2.85. The molecular weight excluding hydrogens is 182 g/mol. The van der Waals surface area contributed by atoms with Crippen molar-refractivity contribution >= 4 is 11.9 Å². The molecule has 0 aromatic rings. The molecule has 0 unspecified atom stereocenters. The molecule has 0 aromatic carbocycles. The molecule has 0 spiro atoms. The predicted octanol–water partition coefficient (Wildman–Crippen LogP) is 0.0557. The number of carbonyl (C=O) groups is 2. The Bertz CT molecular complexity index is 226. The van der Waals surface area contributed by atoms with Crippen LogP contribution in [0.1, 0.15) is 26.2 Å². The van der Waals surface area contributed by atoms with Gasteiger partial charge in [0, 0.05) is 12.6 Å². The second-order valence-corrected chi connectivity index (χ2v) is 3.56. The summed E-state index contributed by atoms with van der Waals surface area (Å²) in [6.45, 7) is 2.32. The van der Waals surface area contributed by atoms with Crippen LogP contribution in [-0.2, 0) is 4.79 Å². The monoisotopic (exact) mass is 199 g/mol. The first-order valence-electron chi connectivity index (χ1n) is 4.97. The molecule has 1 saturated carbocycles. The van der Waals surface area contributed by atoms with Crippen molar-refractivity contribution in [3.8, 4) is 0 Å². The van der Waals surface area contributed by atoms with Crippen LogP contribution in [0.15, 0.2) is 0 Å². The summed E-state index contributed by atoms with van der Waals surface area (Å²) in [7, 11) is 0. The Morgan fingerprint density at radius 2 is 2.14 bits per heavy atom. The highest BCUT2D eigenvalue weighted by atomic mass is 16.2. The smallest absolute Gasteiger partial charge is 0.318 e. The van der Waals surface area contributed by atoms with Crippen LogP contribution in [0.25, 0.3) is 0 Å². The lowest BCUT2D eigenvalue weighted by atomic mass is 9.93. The third-order valence-electron chi connectivity index (χ3n) is 2.45. The molecule has 14 heavy (non-hydrogen) atoms. The summed E-state index contributed by atoms with van der Waals surface area (Å²) in [6.07, 6.45) is 3.26. The van der Waals surface area contributed by atoms with Crippen molar-refractivity contribution < 1.29 is 9.59 Å². The average molecular weight is 199 g/mol. The van der Waals surface area contributed by atoms with Crippen LogP contribution in [0, 0.1) is 0 Å². The first-order valence-corrected chi connectivity index (χ1v) is 4.97. The van der Waals surface area contributed by atoms with E-state index in [1.54, 1.807) is 0 Å². The molecule has 0 aromatic heterocycles. The fourth-order valence-corrected chi connectivity index (χ4v) is 1.33. The second-order valence-electron chi connectivity index (χ2n) is 3.56. The van der Waals surface area contributed by atoms with Crippen LogP contribution < -0.4 is 11.1 Å². The van der Waals surface area contributed by atoms with Crippen LogP contribution in [0.2, 0.25) is 0 Å². The molecule has 0 atom stereocenters. The van der Waals surface area contributed by atoms with Gasteiger partial charge < -0.3 is 16.0 Å². The van der Waals surface area contributed by atoms with E-state index < -0.39 is 5.91 Å². The van der Waals surface area contributed by atoms with Crippen molar-refractivity contribution in [1.29, 1.82) is 0 Å². The van der Waals surface area contributed by atoms with Gasteiger partial charge in [0.05, 0.1) is 0 Å². The van der Waals surface area contributed by atoms with Gasteiger partial charge in [-0.25, -0.2) is 4.79 Å². The van der Waals surface area contributed by atoms with E-state index in [1.807, 2.05) is 6.92 Å². The molecule has 1 fully saturated rings. The van der Waals surface area contributed by atoms with E-state index in [-0.39, 0.29) is 12.6 Å². The lowest BCUT2D eigenvalue weighted by molar-refractivity contribution is -0.118. The number of nitrogens with two attached hydrogens (primary N) is 1. The number of carbonyl (C=O) groups excluding carboxylic acids is 2. The topological polar surface area (TPSA) is 75.4 Å². The highest BCUT2D eigenvalue weighted by molar-refractivity contribution is 5.83. The van der Waals surface area contributed by atoms with Crippen molar-refractivity contribution in [2.24, 2.45) is 5.73 Å². The van der Waals surface area contributed by atoms with Crippen molar-refractivity contribution in [3.63, 3.8) is 0 Å². The Labute approximate surface area is 83.6 Å². The van der Waals surface area contributed by atoms with Gasteiger partial charge in [-0.05, 0) is 26.2 Å². The average Bonchev–Trinajstić information content (AvgIpc) is 2.06. The third kappa shape index (κ3) is 2.90. The molecule has 3 amide bonds. The number of primary amides is 1. The first kappa shape index (κ1) is 10.8. The molecule has 80 valence electrons. The van der Waals surface area contributed by atoms with Crippen molar-refractivity contribution in [2.75, 3.05) is 13.1 Å². The number of nitrogens with zero attached hydrogens (tertiary/aromatic N) is 1. The number of rotatable bonds is 4. The molecule has 3 N–H and O–H groups in total. The summed E-state index contributed by atoms with van der Waals surface area (Å²) in [6, 6.07) is 0.112. The molecule has 1 aliphatic rings. The maximum absolute atomic E-state index is 11.5. The Morgan fingerprint density at radius 1 is 1.50 bits per heavy atom. The molecule has 5 nitrogen and oxygen atoms in total. The predicted molar refractivity (Wildman–Crippen MR) is 52.6 cm³/mol. The van der Waals surface area contributed by atoms with Crippen LogP contribution in [0.4, 0.5) is 4.79 Å². The number of likely N-dealkylation sites (N-methyl/N-ethyl adjacent to an activating group) is 1. The summed E-state index contributed by atoms with van der Waals surface area (Å²) in [5.41, 5.74) is 5.02. The van der Waals surface area contributed by atoms with Gasteiger partial charge in [-0.2, -0.15) is 0 Å². The van der Waals surface area contributed by atoms with E-state index in [2.05, 4.69) is 5.32 Å². The fraction of sp³-hybridized carbons (Fsp3) is 0.778. The van der Waals surface area contributed by atoms with E-state index in [4.69, 9.17) is 5.73 Å². The minimum absolute atomic E-state index is 0.00491. The number of urea groups is 1. The minimum Gasteiger partial charge on any atom is -0.368 e. The van der Waals surface area contributed by atoms with Gasteiger partial charge in [0.15, 0.2) is 0 Å². The Balaban J connectivity index is 2.34. The summed E-state index contributed by atoms with van der Waals surface area (Å²) in [5.74, 6) is -0.476. The Morgan fingerprint density at radius 3 is 2.50 bits per heavy atom. The van der Waals surface area contributed by atoms with Gasteiger partial charge in [-0.3, -0.25) is 4.79 Å². The zero-order valence-electron chi connectivity index (χ0n) is 8.45. The van der Waals surface area contributed by atoms with Crippen molar-refractivity contribution in [2.45, 2.75) is 32.2 Å². The second kappa shape index (κ2) is 4.83. The minimum atomic E-state index is -0.476. The van der Waals surface area contributed by atoms with Gasteiger partial charge >= 0.3 is 6.03 Å². The van der Waals surface area contributed by atoms with E-state index in [9.17, 15) is 9.59 Å². The van der Waals surface area contributed by atoms with E-state index >= 15 is 0 Å². The maximum Gasteiger partial charge on any atom is 0.318 e.